The maximum atomic E-state index is 12.5. The van der Waals surface area contributed by atoms with Gasteiger partial charge in [-0.2, -0.15) is 11.3 Å². The van der Waals surface area contributed by atoms with E-state index in [1.807, 2.05) is 10.8 Å². The lowest BCUT2D eigenvalue weighted by Gasteiger charge is -2.24. The normalized spacial score (nSPS) is 14.1. The van der Waals surface area contributed by atoms with E-state index in [4.69, 9.17) is 11.6 Å². The molecule has 0 aliphatic carbocycles. The van der Waals surface area contributed by atoms with E-state index in [1.165, 1.54) is 23.3 Å². The van der Waals surface area contributed by atoms with Gasteiger partial charge in [-0.25, -0.2) is 0 Å². The highest BCUT2D eigenvalue weighted by Crippen LogP contribution is 2.41. The number of nitrogens with zero attached hydrogens (tertiary/aromatic N) is 1. The van der Waals surface area contributed by atoms with E-state index < -0.39 is 0 Å². The third-order valence-electron chi connectivity index (χ3n) is 2.98. The van der Waals surface area contributed by atoms with E-state index >= 15 is 0 Å². The van der Waals surface area contributed by atoms with Gasteiger partial charge in [-0.05, 0) is 36.2 Å². The smallest absolute Gasteiger partial charge is 0.261 e. The first-order valence-electron chi connectivity index (χ1n) is 6.04. The zero-order valence-electron chi connectivity index (χ0n) is 11.0. The molecule has 0 radical (unpaired) electrons. The van der Waals surface area contributed by atoms with Crippen LogP contribution in [-0.4, -0.2) is 22.4 Å². The number of hydrogen-bond acceptors (Lipinski definition) is 5. The maximum absolute atomic E-state index is 12.5. The predicted molar refractivity (Wildman–Crippen MR) is 87.6 cm³/mol. The fourth-order valence-corrected chi connectivity index (χ4v) is 3.93. The zero-order valence-corrected chi connectivity index (χ0v) is 13.4. The Hall–Kier alpha value is -1.63. The summed E-state index contributed by atoms with van der Waals surface area (Å²) in [4.78, 5) is 13.4. The van der Waals surface area contributed by atoms with Crippen molar-refractivity contribution in [3.8, 4) is 0 Å². The maximum Gasteiger partial charge on any atom is 0.261 e. The third-order valence-corrected chi connectivity index (χ3v) is 5.11. The van der Waals surface area contributed by atoms with Gasteiger partial charge in [0, 0.05) is 39.0 Å². The topological polar surface area (TPSA) is 52.6 Å². The first-order chi connectivity index (χ1) is 10.1. The van der Waals surface area contributed by atoms with Gasteiger partial charge >= 0.3 is 0 Å². The molecule has 1 aromatic heterocycles. The number of thiophene rings is 1. The number of rotatable bonds is 2. The number of benzene rings is 1. The molecule has 1 amide bonds. The Labute approximate surface area is 135 Å². The quantitative estimate of drug-likeness (QED) is 0.805. The summed E-state index contributed by atoms with van der Waals surface area (Å²) in [6.07, 6.45) is 0. The summed E-state index contributed by atoms with van der Waals surface area (Å²) in [5, 5.41) is 17.4. The van der Waals surface area contributed by atoms with E-state index in [1.54, 1.807) is 35.6 Å². The van der Waals surface area contributed by atoms with Gasteiger partial charge in [-0.1, -0.05) is 11.6 Å². The number of amides is 1. The predicted octanol–water partition coefficient (Wildman–Crippen LogP) is 4.22. The summed E-state index contributed by atoms with van der Waals surface area (Å²) in [7, 11) is 1.72. The van der Waals surface area contributed by atoms with Crippen LogP contribution in [0.15, 0.2) is 45.8 Å². The minimum absolute atomic E-state index is 0.0441. The Morgan fingerprint density at radius 2 is 2.00 bits per heavy atom. The van der Waals surface area contributed by atoms with Crippen molar-refractivity contribution < 1.29 is 9.90 Å². The second-order valence-electron chi connectivity index (χ2n) is 4.40. The van der Waals surface area contributed by atoms with Gasteiger partial charge in [0.25, 0.3) is 5.91 Å². The summed E-state index contributed by atoms with van der Waals surface area (Å²) in [6, 6.07) is 6.83. The van der Waals surface area contributed by atoms with E-state index in [-0.39, 0.29) is 17.4 Å². The summed E-state index contributed by atoms with van der Waals surface area (Å²) in [5.74, 6) is -0.390. The molecule has 0 unspecified atom stereocenters. The number of halogens is 1. The monoisotopic (exact) mass is 338 g/mol. The molecule has 3 rings (SSSR count). The molecule has 0 spiro atoms. The fraction of sp³-hybridized carbons (Fsp3) is 0.0714. The van der Waals surface area contributed by atoms with Crippen LogP contribution in [0.25, 0.3) is 5.57 Å². The van der Waals surface area contributed by atoms with E-state index in [2.05, 4.69) is 5.32 Å². The molecule has 21 heavy (non-hydrogen) atoms. The average molecular weight is 339 g/mol. The standard InChI is InChI=1S/C14H11ClN2O2S2/c1-17-14(19)12(10-6-20-7-11(10)21-17)13(18)16-9-4-2-8(15)3-5-9/h2-7,19H,1H3,(H,16,18). The third kappa shape index (κ3) is 2.74. The van der Waals surface area contributed by atoms with Crippen LogP contribution in [0.2, 0.25) is 5.02 Å². The van der Waals surface area contributed by atoms with Gasteiger partial charge in [0.15, 0.2) is 0 Å². The highest BCUT2D eigenvalue weighted by Gasteiger charge is 2.29. The summed E-state index contributed by atoms with van der Waals surface area (Å²) < 4.78 is 1.58. The van der Waals surface area contributed by atoms with Gasteiger partial charge < -0.3 is 10.4 Å². The Kier molecular flexibility index (Phi) is 3.84. The van der Waals surface area contributed by atoms with Crippen molar-refractivity contribution in [2.75, 3.05) is 12.4 Å². The fourth-order valence-electron chi connectivity index (χ4n) is 1.96. The minimum atomic E-state index is -0.346. The van der Waals surface area contributed by atoms with E-state index in [0.717, 1.165) is 10.5 Å². The first kappa shape index (κ1) is 14.3. The van der Waals surface area contributed by atoms with Crippen LogP contribution in [-0.2, 0) is 4.79 Å². The molecular formula is C14H11ClN2O2S2. The molecule has 2 heterocycles. The van der Waals surface area contributed by atoms with Crippen LogP contribution >= 0.6 is 34.9 Å². The van der Waals surface area contributed by atoms with Crippen molar-refractivity contribution in [3.05, 3.63) is 51.5 Å². The lowest BCUT2D eigenvalue weighted by Crippen LogP contribution is -2.22. The van der Waals surface area contributed by atoms with E-state index in [9.17, 15) is 9.90 Å². The lowest BCUT2D eigenvalue weighted by molar-refractivity contribution is -0.111. The van der Waals surface area contributed by atoms with Crippen LogP contribution in [0, 0.1) is 0 Å². The molecule has 0 fully saturated rings. The van der Waals surface area contributed by atoms with Crippen molar-refractivity contribution in [3.63, 3.8) is 0 Å². The van der Waals surface area contributed by atoms with Crippen molar-refractivity contribution in [2.45, 2.75) is 4.90 Å². The van der Waals surface area contributed by atoms with Crippen LogP contribution < -0.4 is 5.32 Å². The number of aliphatic hydroxyl groups is 1. The molecule has 1 aliphatic rings. The van der Waals surface area contributed by atoms with Crippen LogP contribution in [0.1, 0.15) is 5.56 Å². The number of anilines is 1. The SMILES string of the molecule is CN1Sc2cscc2C(C(=O)Nc2ccc(Cl)cc2)=C1O. The number of hydrogen-bond donors (Lipinski definition) is 2. The number of carbonyl (C=O) groups is 1. The highest BCUT2D eigenvalue weighted by atomic mass is 35.5. The molecule has 1 aromatic carbocycles. The minimum Gasteiger partial charge on any atom is -0.494 e. The van der Waals surface area contributed by atoms with Gasteiger partial charge in [0.1, 0.15) is 5.57 Å². The molecule has 0 atom stereocenters. The summed E-state index contributed by atoms with van der Waals surface area (Å²) in [6.45, 7) is 0. The Balaban J connectivity index is 1.93. The molecule has 108 valence electrons. The second-order valence-corrected chi connectivity index (χ2v) is 6.75. The average Bonchev–Trinajstić information content (AvgIpc) is 2.90. The highest BCUT2D eigenvalue weighted by molar-refractivity contribution is 7.97. The molecular weight excluding hydrogens is 328 g/mol. The number of carbonyl (C=O) groups excluding carboxylic acids is 1. The zero-order chi connectivity index (χ0) is 15.0. The largest absolute Gasteiger partial charge is 0.494 e. The Morgan fingerprint density at radius 1 is 1.29 bits per heavy atom. The molecule has 7 heteroatoms. The number of nitrogens with one attached hydrogen (secondary N) is 1. The molecule has 1 aliphatic heterocycles. The van der Waals surface area contributed by atoms with Crippen molar-refractivity contribution in [1.29, 1.82) is 0 Å². The van der Waals surface area contributed by atoms with Gasteiger partial charge in [0.05, 0.1) is 0 Å². The summed E-state index contributed by atoms with van der Waals surface area (Å²) in [5.41, 5.74) is 1.66. The van der Waals surface area contributed by atoms with Gasteiger partial charge in [-0.15, -0.1) is 0 Å². The lowest BCUT2D eigenvalue weighted by atomic mass is 10.1. The number of fused-ring (bicyclic) bond motifs is 1. The molecule has 0 bridgehead atoms. The van der Waals surface area contributed by atoms with Gasteiger partial charge in [-0.3, -0.25) is 9.10 Å². The summed E-state index contributed by atoms with van der Waals surface area (Å²) >= 11 is 8.71. The van der Waals surface area contributed by atoms with Gasteiger partial charge in [0.2, 0.25) is 5.88 Å². The Morgan fingerprint density at radius 3 is 2.71 bits per heavy atom. The molecule has 2 aromatic rings. The molecule has 2 N–H and O–H groups in total. The Bertz CT molecular complexity index is 725. The van der Waals surface area contributed by atoms with E-state index in [0.29, 0.717) is 10.7 Å². The molecule has 4 nitrogen and oxygen atoms in total. The molecule has 0 saturated heterocycles. The second kappa shape index (κ2) is 5.63. The van der Waals surface area contributed by atoms with Crippen LogP contribution in [0.4, 0.5) is 5.69 Å². The van der Waals surface area contributed by atoms with Crippen molar-refractivity contribution in [2.24, 2.45) is 0 Å². The molecule has 0 saturated carbocycles. The van der Waals surface area contributed by atoms with Crippen LogP contribution in [0.5, 0.6) is 0 Å². The van der Waals surface area contributed by atoms with Crippen molar-refractivity contribution in [1.82, 2.24) is 4.31 Å². The van der Waals surface area contributed by atoms with Crippen LogP contribution in [0.3, 0.4) is 0 Å². The first-order valence-corrected chi connectivity index (χ1v) is 8.14. The number of aliphatic hydroxyl groups excluding tert-OH is 1. The van der Waals surface area contributed by atoms with Crippen molar-refractivity contribution >= 4 is 52.1 Å².